The van der Waals surface area contributed by atoms with Crippen LogP contribution in [0.25, 0.3) is 0 Å². The molecule has 0 saturated carbocycles. The summed E-state index contributed by atoms with van der Waals surface area (Å²) < 4.78 is 0. The van der Waals surface area contributed by atoms with Crippen molar-refractivity contribution >= 4 is 35.2 Å². The van der Waals surface area contributed by atoms with Crippen LogP contribution in [0.15, 0.2) is 42.5 Å². The van der Waals surface area contributed by atoms with Crippen molar-refractivity contribution in [1.29, 1.82) is 0 Å². The molecule has 0 aliphatic carbocycles. The van der Waals surface area contributed by atoms with Gasteiger partial charge < -0.3 is 4.90 Å². The van der Waals surface area contributed by atoms with E-state index in [1.165, 1.54) is 0 Å². The summed E-state index contributed by atoms with van der Waals surface area (Å²) in [5.41, 5.74) is 2.39. The van der Waals surface area contributed by atoms with E-state index in [-0.39, 0.29) is 0 Å². The highest BCUT2D eigenvalue weighted by molar-refractivity contribution is 6.33. The lowest BCUT2D eigenvalue weighted by Gasteiger charge is -2.21. The number of aldehydes is 1. The fourth-order valence-electron chi connectivity index (χ4n) is 1.97. The predicted molar refractivity (Wildman–Crippen MR) is 80.4 cm³/mol. The lowest BCUT2D eigenvalue weighted by atomic mass is 10.1. The highest BCUT2D eigenvalue weighted by atomic mass is 35.5. The van der Waals surface area contributed by atoms with Gasteiger partial charge in [-0.2, -0.15) is 0 Å². The van der Waals surface area contributed by atoms with Crippen molar-refractivity contribution in [3.63, 3.8) is 0 Å². The van der Waals surface area contributed by atoms with Gasteiger partial charge >= 0.3 is 0 Å². The van der Waals surface area contributed by atoms with Crippen molar-refractivity contribution in [2.75, 3.05) is 11.9 Å². The molecule has 4 heteroatoms. The fraction of sp³-hybridized carbons (Fsp3) is 0.133. The molecule has 0 fully saturated rings. The zero-order valence-corrected chi connectivity index (χ0v) is 11.9. The second-order valence-corrected chi connectivity index (χ2v) is 5.12. The van der Waals surface area contributed by atoms with Crippen LogP contribution in [0.1, 0.15) is 15.9 Å². The summed E-state index contributed by atoms with van der Waals surface area (Å²) in [7, 11) is 1.92. The van der Waals surface area contributed by atoms with Crippen LogP contribution >= 0.6 is 23.2 Å². The van der Waals surface area contributed by atoms with Crippen LogP contribution in [0.2, 0.25) is 10.0 Å². The Morgan fingerprint density at radius 3 is 2.58 bits per heavy atom. The third-order valence-corrected chi connectivity index (χ3v) is 3.43. The van der Waals surface area contributed by atoms with Gasteiger partial charge in [-0.05, 0) is 29.8 Å². The van der Waals surface area contributed by atoms with Gasteiger partial charge in [0, 0.05) is 24.3 Å². The van der Waals surface area contributed by atoms with Gasteiger partial charge in [0.1, 0.15) is 0 Å². The molecule has 0 N–H and O–H groups in total. The lowest BCUT2D eigenvalue weighted by molar-refractivity contribution is 0.112. The molecule has 0 bridgehead atoms. The van der Waals surface area contributed by atoms with E-state index in [2.05, 4.69) is 0 Å². The summed E-state index contributed by atoms with van der Waals surface area (Å²) in [6.45, 7) is 0.655. The molecule has 2 aromatic rings. The molecule has 0 spiro atoms. The zero-order chi connectivity index (χ0) is 13.8. The maximum Gasteiger partial charge on any atom is 0.153 e. The molecule has 0 unspecified atom stereocenters. The average Bonchev–Trinajstić information content (AvgIpc) is 2.38. The minimum atomic E-state index is 0.463. The van der Waals surface area contributed by atoms with Crippen molar-refractivity contribution in [3.05, 3.63) is 63.6 Å². The van der Waals surface area contributed by atoms with E-state index in [1.54, 1.807) is 6.07 Å². The summed E-state index contributed by atoms with van der Waals surface area (Å²) in [6.07, 6.45) is 0.784. The molecule has 0 atom stereocenters. The Kier molecular flexibility index (Phi) is 4.46. The van der Waals surface area contributed by atoms with Crippen molar-refractivity contribution < 1.29 is 4.79 Å². The molecular weight excluding hydrogens is 281 g/mol. The first kappa shape index (κ1) is 13.9. The Labute approximate surface area is 122 Å². The number of nitrogens with zero attached hydrogens (tertiary/aromatic N) is 1. The Bertz CT molecular complexity index is 598. The number of benzene rings is 2. The topological polar surface area (TPSA) is 20.3 Å². The number of carbonyl (C=O) groups excluding carboxylic acids is 1. The van der Waals surface area contributed by atoms with Crippen molar-refractivity contribution in [2.24, 2.45) is 0 Å². The molecule has 2 rings (SSSR count). The molecule has 19 heavy (non-hydrogen) atoms. The maximum atomic E-state index is 11.1. The summed E-state index contributed by atoms with van der Waals surface area (Å²) in [5, 5.41) is 1.16. The van der Waals surface area contributed by atoms with Crippen LogP contribution in [0.5, 0.6) is 0 Å². The number of hydrogen-bond acceptors (Lipinski definition) is 2. The fourth-order valence-corrected chi connectivity index (χ4v) is 2.40. The van der Waals surface area contributed by atoms with Crippen molar-refractivity contribution in [2.45, 2.75) is 6.54 Å². The largest absolute Gasteiger partial charge is 0.370 e. The van der Waals surface area contributed by atoms with Gasteiger partial charge in [0.25, 0.3) is 0 Å². The Morgan fingerprint density at radius 2 is 1.89 bits per heavy atom. The average molecular weight is 294 g/mol. The van der Waals surface area contributed by atoms with Crippen LogP contribution in [0.3, 0.4) is 0 Å². The van der Waals surface area contributed by atoms with Gasteiger partial charge in [-0.3, -0.25) is 4.79 Å². The first-order valence-corrected chi connectivity index (χ1v) is 6.56. The Hall–Kier alpha value is -1.51. The number of anilines is 1. The molecule has 0 radical (unpaired) electrons. The van der Waals surface area contributed by atoms with Crippen molar-refractivity contribution in [1.82, 2.24) is 0 Å². The SMILES string of the molecule is CN(Cc1cccc(Cl)c1)c1cccc(Cl)c1C=O. The van der Waals surface area contributed by atoms with E-state index in [4.69, 9.17) is 23.2 Å². The Morgan fingerprint density at radius 1 is 1.16 bits per heavy atom. The van der Waals surface area contributed by atoms with E-state index >= 15 is 0 Å². The molecule has 0 aliphatic rings. The standard InChI is InChI=1S/C15H13Cl2NO/c1-18(9-11-4-2-5-12(16)8-11)15-7-3-6-14(17)13(15)10-19/h2-8,10H,9H2,1H3. The quantitative estimate of drug-likeness (QED) is 0.777. The second-order valence-electron chi connectivity index (χ2n) is 4.28. The molecule has 2 nitrogen and oxygen atoms in total. The minimum absolute atomic E-state index is 0.463. The summed E-state index contributed by atoms with van der Waals surface area (Å²) in [6, 6.07) is 13.1. The molecule has 98 valence electrons. The van der Waals surface area contributed by atoms with Gasteiger partial charge in [0.15, 0.2) is 6.29 Å². The summed E-state index contributed by atoms with van der Waals surface area (Å²) >= 11 is 12.0. The number of halogens is 2. The highest BCUT2D eigenvalue weighted by Gasteiger charge is 2.10. The number of carbonyl (C=O) groups is 1. The molecule has 0 saturated heterocycles. The summed E-state index contributed by atoms with van der Waals surface area (Å²) in [4.78, 5) is 13.1. The van der Waals surface area contributed by atoms with Crippen LogP contribution in [-0.4, -0.2) is 13.3 Å². The van der Waals surface area contributed by atoms with Gasteiger partial charge in [-0.25, -0.2) is 0 Å². The molecule has 0 heterocycles. The van der Waals surface area contributed by atoms with E-state index in [1.807, 2.05) is 48.3 Å². The minimum Gasteiger partial charge on any atom is -0.370 e. The molecule has 0 aromatic heterocycles. The molecule has 0 aliphatic heterocycles. The maximum absolute atomic E-state index is 11.1. The predicted octanol–water partition coefficient (Wildman–Crippen LogP) is 4.44. The number of rotatable bonds is 4. The van der Waals surface area contributed by atoms with Crippen LogP contribution in [0.4, 0.5) is 5.69 Å². The second kappa shape index (κ2) is 6.09. The molecule has 0 amide bonds. The van der Waals surface area contributed by atoms with E-state index in [0.29, 0.717) is 22.2 Å². The first-order chi connectivity index (χ1) is 9.11. The third kappa shape index (κ3) is 3.28. The van der Waals surface area contributed by atoms with Crippen LogP contribution in [-0.2, 0) is 6.54 Å². The molecule has 2 aromatic carbocycles. The lowest BCUT2D eigenvalue weighted by Crippen LogP contribution is -2.18. The first-order valence-electron chi connectivity index (χ1n) is 5.81. The highest BCUT2D eigenvalue weighted by Crippen LogP contribution is 2.26. The zero-order valence-electron chi connectivity index (χ0n) is 10.4. The smallest absolute Gasteiger partial charge is 0.153 e. The van der Waals surface area contributed by atoms with Gasteiger partial charge in [-0.15, -0.1) is 0 Å². The Balaban J connectivity index is 2.27. The van der Waals surface area contributed by atoms with Crippen LogP contribution in [0, 0.1) is 0 Å². The van der Waals surface area contributed by atoms with Gasteiger partial charge in [0.05, 0.1) is 10.6 Å². The third-order valence-electron chi connectivity index (χ3n) is 2.87. The van der Waals surface area contributed by atoms with Crippen molar-refractivity contribution in [3.8, 4) is 0 Å². The van der Waals surface area contributed by atoms with E-state index < -0.39 is 0 Å². The summed E-state index contributed by atoms with van der Waals surface area (Å²) in [5.74, 6) is 0. The van der Waals surface area contributed by atoms with E-state index in [0.717, 1.165) is 17.5 Å². The number of hydrogen-bond donors (Lipinski definition) is 0. The van der Waals surface area contributed by atoms with Gasteiger partial charge in [0.2, 0.25) is 0 Å². The van der Waals surface area contributed by atoms with Gasteiger partial charge in [-0.1, -0.05) is 41.4 Å². The molecular formula is C15H13Cl2NO. The monoisotopic (exact) mass is 293 g/mol. The normalized spacial score (nSPS) is 10.3. The van der Waals surface area contributed by atoms with Crippen LogP contribution < -0.4 is 4.90 Å². The van der Waals surface area contributed by atoms with E-state index in [9.17, 15) is 4.79 Å².